The molecule has 0 atom stereocenters. The summed E-state index contributed by atoms with van der Waals surface area (Å²) < 4.78 is 0. The van der Waals surface area contributed by atoms with Crippen molar-refractivity contribution in [3.8, 4) is 6.07 Å². The first-order valence-electron chi connectivity index (χ1n) is 3.86. The van der Waals surface area contributed by atoms with Crippen LogP contribution in [-0.4, -0.2) is 4.98 Å². The van der Waals surface area contributed by atoms with Gasteiger partial charge in [-0.05, 0) is 18.2 Å². The summed E-state index contributed by atoms with van der Waals surface area (Å²) in [5.41, 5.74) is 1.07. The van der Waals surface area contributed by atoms with E-state index in [2.05, 4.69) is 4.98 Å². The average molecular weight is 223 g/mol. The van der Waals surface area contributed by atoms with Crippen molar-refractivity contribution in [3.63, 3.8) is 0 Å². The fourth-order valence-corrected chi connectivity index (χ4v) is 1.63. The maximum absolute atomic E-state index is 8.73. The molecule has 0 aliphatic rings. The second kappa shape index (κ2) is 3.45. The first-order chi connectivity index (χ1) is 6.72. The van der Waals surface area contributed by atoms with E-state index >= 15 is 0 Å². The molecular formula is C10H4Cl2N2. The number of nitriles is 1. The number of aromatic nitrogens is 1. The van der Waals surface area contributed by atoms with E-state index in [9.17, 15) is 0 Å². The molecule has 0 fully saturated rings. The Morgan fingerprint density at radius 1 is 1.29 bits per heavy atom. The van der Waals surface area contributed by atoms with Gasteiger partial charge in [0.15, 0.2) is 0 Å². The van der Waals surface area contributed by atoms with Gasteiger partial charge in [0, 0.05) is 16.6 Å². The predicted octanol–water partition coefficient (Wildman–Crippen LogP) is 3.41. The Bertz CT molecular complexity index is 544. The second-order valence-corrected chi connectivity index (χ2v) is 3.57. The molecule has 0 unspecified atom stereocenters. The summed E-state index contributed by atoms with van der Waals surface area (Å²) in [7, 11) is 0. The number of hydrogen-bond acceptors (Lipinski definition) is 2. The van der Waals surface area contributed by atoms with Gasteiger partial charge in [0.1, 0.15) is 6.07 Å². The van der Waals surface area contributed by atoms with Crippen LogP contribution in [0.4, 0.5) is 0 Å². The lowest BCUT2D eigenvalue weighted by Crippen LogP contribution is -1.84. The fraction of sp³-hybridized carbons (Fsp3) is 0. The van der Waals surface area contributed by atoms with Gasteiger partial charge in [-0.3, -0.25) is 4.98 Å². The lowest BCUT2D eigenvalue weighted by molar-refractivity contribution is 1.37. The topological polar surface area (TPSA) is 36.7 Å². The molecular weight excluding hydrogens is 219 g/mol. The predicted molar refractivity (Wildman–Crippen MR) is 56.5 cm³/mol. The highest BCUT2D eigenvalue weighted by Gasteiger charge is 2.05. The summed E-state index contributed by atoms with van der Waals surface area (Å²) in [5.74, 6) is 0. The second-order valence-electron chi connectivity index (χ2n) is 2.76. The van der Waals surface area contributed by atoms with E-state index in [0.29, 0.717) is 21.1 Å². The van der Waals surface area contributed by atoms with Crippen molar-refractivity contribution < 1.29 is 0 Å². The molecule has 1 heterocycles. The van der Waals surface area contributed by atoms with Crippen LogP contribution in [0, 0.1) is 11.3 Å². The van der Waals surface area contributed by atoms with E-state index in [-0.39, 0.29) is 0 Å². The van der Waals surface area contributed by atoms with E-state index in [4.69, 9.17) is 28.5 Å². The molecule has 2 nitrogen and oxygen atoms in total. The molecule has 68 valence electrons. The van der Waals surface area contributed by atoms with Crippen LogP contribution in [0.25, 0.3) is 10.9 Å². The zero-order valence-corrected chi connectivity index (χ0v) is 8.47. The Morgan fingerprint density at radius 3 is 2.79 bits per heavy atom. The molecule has 0 saturated carbocycles. The van der Waals surface area contributed by atoms with Gasteiger partial charge in [-0.25, -0.2) is 0 Å². The van der Waals surface area contributed by atoms with Gasteiger partial charge in [0.25, 0.3) is 0 Å². The number of halogens is 2. The van der Waals surface area contributed by atoms with E-state index < -0.39 is 0 Å². The molecule has 2 aromatic rings. The Kier molecular flexibility index (Phi) is 2.28. The van der Waals surface area contributed by atoms with Gasteiger partial charge in [0.05, 0.1) is 16.1 Å². The Labute approximate surface area is 90.7 Å². The number of rotatable bonds is 0. The summed E-state index contributed by atoms with van der Waals surface area (Å²) in [6.45, 7) is 0. The summed E-state index contributed by atoms with van der Waals surface area (Å²) in [5, 5.41) is 10.5. The lowest BCUT2D eigenvalue weighted by Gasteiger charge is -2.01. The molecule has 0 bridgehead atoms. The van der Waals surface area contributed by atoms with Crippen LogP contribution in [0.1, 0.15) is 5.56 Å². The van der Waals surface area contributed by atoms with Crippen molar-refractivity contribution in [1.82, 2.24) is 4.98 Å². The molecule has 0 radical (unpaired) electrons. The van der Waals surface area contributed by atoms with Crippen LogP contribution in [0.3, 0.4) is 0 Å². The van der Waals surface area contributed by atoms with Crippen molar-refractivity contribution in [2.75, 3.05) is 0 Å². The molecule has 1 aromatic heterocycles. The Balaban J connectivity index is 2.85. The first-order valence-corrected chi connectivity index (χ1v) is 4.62. The van der Waals surface area contributed by atoms with E-state index in [0.717, 1.165) is 5.39 Å². The molecule has 4 heteroatoms. The van der Waals surface area contributed by atoms with Crippen LogP contribution >= 0.6 is 23.2 Å². The zero-order chi connectivity index (χ0) is 10.1. The van der Waals surface area contributed by atoms with Crippen LogP contribution in [-0.2, 0) is 0 Å². The summed E-state index contributed by atoms with van der Waals surface area (Å²) in [6.07, 6.45) is 1.45. The van der Waals surface area contributed by atoms with Crippen LogP contribution in [0.2, 0.25) is 10.0 Å². The first kappa shape index (κ1) is 9.26. The van der Waals surface area contributed by atoms with Crippen molar-refractivity contribution in [2.24, 2.45) is 0 Å². The fourth-order valence-electron chi connectivity index (χ4n) is 1.21. The standard InChI is InChI=1S/C10H4Cl2N2/c11-7-1-2-8-9(3-7)14-5-6(4-13)10(8)12/h1-3,5H. The lowest BCUT2D eigenvalue weighted by atomic mass is 10.2. The number of fused-ring (bicyclic) bond motifs is 1. The van der Waals surface area contributed by atoms with E-state index in [1.165, 1.54) is 6.20 Å². The molecule has 0 N–H and O–H groups in total. The van der Waals surface area contributed by atoms with Crippen LogP contribution in [0.5, 0.6) is 0 Å². The third-order valence-corrected chi connectivity index (χ3v) is 2.53. The maximum Gasteiger partial charge on any atom is 0.102 e. The SMILES string of the molecule is N#Cc1cnc2cc(Cl)ccc2c1Cl. The quantitative estimate of drug-likeness (QED) is 0.686. The van der Waals surface area contributed by atoms with E-state index in [1.807, 2.05) is 6.07 Å². The molecule has 1 aromatic carbocycles. The minimum absolute atomic E-state index is 0.376. The van der Waals surface area contributed by atoms with E-state index in [1.54, 1.807) is 18.2 Å². The Morgan fingerprint density at radius 2 is 2.07 bits per heavy atom. The third-order valence-electron chi connectivity index (χ3n) is 1.89. The molecule has 0 aliphatic carbocycles. The number of pyridine rings is 1. The molecule has 0 amide bonds. The summed E-state index contributed by atoms with van der Waals surface area (Å²) in [6, 6.07) is 7.17. The highest BCUT2D eigenvalue weighted by molar-refractivity contribution is 6.37. The van der Waals surface area contributed by atoms with Crippen molar-refractivity contribution in [2.45, 2.75) is 0 Å². The number of benzene rings is 1. The monoisotopic (exact) mass is 222 g/mol. The van der Waals surface area contributed by atoms with Gasteiger partial charge in [-0.15, -0.1) is 0 Å². The number of hydrogen-bond donors (Lipinski definition) is 0. The van der Waals surface area contributed by atoms with Crippen molar-refractivity contribution >= 4 is 34.1 Å². The maximum atomic E-state index is 8.73. The highest BCUT2D eigenvalue weighted by atomic mass is 35.5. The molecule has 0 aliphatic heterocycles. The smallest absolute Gasteiger partial charge is 0.102 e. The van der Waals surface area contributed by atoms with Gasteiger partial charge >= 0.3 is 0 Å². The Hall–Kier alpha value is -1.30. The third kappa shape index (κ3) is 1.41. The molecule has 0 spiro atoms. The zero-order valence-electron chi connectivity index (χ0n) is 6.96. The van der Waals surface area contributed by atoms with Gasteiger partial charge in [0.2, 0.25) is 0 Å². The van der Waals surface area contributed by atoms with Gasteiger partial charge < -0.3 is 0 Å². The highest BCUT2D eigenvalue weighted by Crippen LogP contribution is 2.26. The molecule has 14 heavy (non-hydrogen) atoms. The van der Waals surface area contributed by atoms with Crippen LogP contribution < -0.4 is 0 Å². The number of nitrogens with zero attached hydrogens (tertiary/aromatic N) is 2. The minimum Gasteiger partial charge on any atom is -0.255 e. The summed E-state index contributed by atoms with van der Waals surface area (Å²) >= 11 is 11.8. The van der Waals surface area contributed by atoms with Crippen molar-refractivity contribution in [3.05, 3.63) is 40.0 Å². The van der Waals surface area contributed by atoms with Gasteiger partial charge in [-0.1, -0.05) is 23.2 Å². The van der Waals surface area contributed by atoms with Gasteiger partial charge in [-0.2, -0.15) is 5.26 Å². The molecule has 0 saturated heterocycles. The van der Waals surface area contributed by atoms with Crippen molar-refractivity contribution in [1.29, 1.82) is 5.26 Å². The summed E-state index contributed by atoms with van der Waals surface area (Å²) in [4.78, 5) is 4.08. The average Bonchev–Trinajstić information content (AvgIpc) is 2.18. The molecule has 2 rings (SSSR count). The van der Waals surface area contributed by atoms with Crippen LogP contribution in [0.15, 0.2) is 24.4 Å². The largest absolute Gasteiger partial charge is 0.255 e. The normalized spacial score (nSPS) is 10.1. The minimum atomic E-state index is 0.376.